The van der Waals surface area contributed by atoms with Crippen LogP contribution in [0.1, 0.15) is 5.56 Å². The highest BCUT2D eigenvalue weighted by Gasteiger charge is 2.16. The van der Waals surface area contributed by atoms with E-state index in [1.165, 1.54) is 5.56 Å². The van der Waals surface area contributed by atoms with Crippen molar-refractivity contribution >= 4 is 10.9 Å². The number of piperazine rings is 1. The Bertz CT molecular complexity index is 623. The Morgan fingerprint density at radius 1 is 1.05 bits per heavy atom. The summed E-state index contributed by atoms with van der Waals surface area (Å²) in [5, 5.41) is 11.0. The molecule has 5 nitrogen and oxygen atoms in total. The van der Waals surface area contributed by atoms with Crippen molar-refractivity contribution in [3.05, 3.63) is 36.0 Å². The summed E-state index contributed by atoms with van der Waals surface area (Å²) in [6.45, 7) is 7.21. The van der Waals surface area contributed by atoms with Gasteiger partial charge in [0, 0.05) is 57.4 Å². The van der Waals surface area contributed by atoms with Crippen LogP contribution in [0.2, 0.25) is 0 Å². The number of aromatic nitrogens is 1. The summed E-state index contributed by atoms with van der Waals surface area (Å²) >= 11 is 0. The lowest BCUT2D eigenvalue weighted by atomic mass is 10.0. The van der Waals surface area contributed by atoms with Crippen molar-refractivity contribution in [2.75, 3.05) is 45.8 Å². The van der Waals surface area contributed by atoms with E-state index >= 15 is 0 Å². The maximum Gasteiger partial charge on any atom is 0.141 e. The first kappa shape index (κ1) is 15.2. The summed E-state index contributed by atoms with van der Waals surface area (Å²) in [5.74, 6) is 0.259. The van der Waals surface area contributed by atoms with Crippen LogP contribution in [-0.4, -0.2) is 65.7 Å². The van der Waals surface area contributed by atoms with Gasteiger partial charge in [0.25, 0.3) is 0 Å². The third kappa shape index (κ3) is 3.38. The van der Waals surface area contributed by atoms with Crippen LogP contribution in [-0.2, 0) is 6.42 Å². The molecule has 0 aliphatic carbocycles. The summed E-state index contributed by atoms with van der Waals surface area (Å²) in [5.41, 5.74) is 7.57. The Morgan fingerprint density at radius 2 is 1.77 bits per heavy atom. The highest BCUT2D eigenvalue weighted by molar-refractivity contribution is 5.87. The van der Waals surface area contributed by atoms with Crippen molar-refractivity contribution in [3.8, 4) is 5.75 Å². The molecule has 5 heteroatoms. The molecule has 3 N–H and O–H groups in total. The summed E-state index contributed by atoms with van der Waals surface area (Å²) in [4.78, 5) is 9.21. The molecular weight excluding hydrogens is 276 g/mol. The minimum atomic E-state index is 0.259. The zero-order chi connectivity index (χ0) is 15.4. The molecule has 0 unspecified atom stereocenters. The zero-order valence-electron chi connectivity index (χ0n) is 12.9. The second-order valence-corrected chi connectivity index (χ2v) is 5.87. The Kier molecular flexibility index (Phi) is 4.87. The molecular formula is C17H24N4O. The number of benzene rings is 1. The molecule has 0 saturated carbocycles. The van der Waals surface area contributed by atoms with Crippen LogP contribution in [0.5, 0.6) is 5.75 Å². The van der Waals surface area contributed by atoms with Gasteiger partial charge in [-0.15, -0.1) is 0 Å². The zero-order valence-corrected chi connectivity index (χ0v) is 12.9. The molecule has 0 radical (unpaired) electrons. The molecule has 1 aromatic carbocycles. The van der Waals surface area contributed by atoms with Crippen molar-refractivity contribution in [2.24, 2.45) is 5.73 Å². The van der Waals surface area contributed by atoms with E-state index in [4.69, 9.17) is 5.73 Å². The lowest BCUT2D eigenvalue weighted by molar-refractivity contribution is 0.136. The maximum absolute atomic E-state index is 9.90. The van der Waals surface area contributed by atoms with Gasteiger partial charge in [-0.3, -0.25) is 9.88 Å². The highest BCUT2D eigenvalue weighted by atomic mass is 16.3. The number of nitrogens with zero attached hydrogens (tertiary/aromatic N) is 3. The molecule has 0 spiro atoms. The molecule has 0 amide bonds. The van der Waals surface area contributed by atoms with Crippen LogP contribution >= 0.6 is 0 Å². The standard InChI is InChI=1S/C17H24N4O/c18-6-9-21-12-10-20(11-13-21)8-5-14-3-4-16(22)17-15(14)2-1-7-19-17/h1-4,7,22H,5-6,8-13,18H2. The second-order valence-electron chi connectivity index (χ2n) is 5.87. The lowest BCUT2D eigenvalue weighted by Gasteiger charge is -2.34. The van der Waals surface area contributed by atoms with E-state index in [0.717, 1.165) is 57.6 Å². The molecule has 1 aromatic heterocycles. The fourth-order valence-electron chi connectivity index (χ4n) is 3.13. The number of phenols is 1. The molecule has 1 aliphatic heterocycles. The van der Waals surface area contributed by atoms with Gasteiger partial charge in [-0.2, -0.15) is 0 Å². The molecule has 2 heterocycles. The van der Waals surface area contributed by atoms with Gasteiger partial charge in [0.2, 0.25) is 0 Å². The quantitative estimate of drug-likeness (QED) is 0.864. The molecule has 22 heavy (non-hydrogen) atoms. The van der Waals surface area contributed by atoms with Crippen molar-refractivity contribution < 1.29 is 5.11 Å². The summed E-state index contributed by atoms with van der Waals surface area (Å²) in [7, 11) is 0. The molecule has 3 rings (SSSR count). The number of hydrogen-bond acceptors (Lipinski definition) is 5. The molecule has 0 bridgehead atoms. The van der Waals surface area contributed by atoms with E-state index in [2.05, 4.69) is 14.8 Å². The smallest absolute Gasteiger partial charge is 0.141 e. The Hall–Kier alpha value is -1.69. The van der Waals surface area contributed by atoms with Gasteiger partial charge in [-0.05, 0) is 24.1 Å². The Balaban J connectivity index is 1.62. The minimum Gasteiger partial charge on any atom is -0.506 e. The summed E-state index contributed by atoms with van der Waals surface area (Å²) in [6.07, 6.45) is 2.71. The fraction of sp³-hybridized carbons (Fsp3) is 0.471. The predicted octanol–water partition coefficient (Wildman–Crippen LogP) is 1.06. The average Bonchev–Trinajstić information content (AvgIpc) is 2.56. The number of pyridine rings is 1. The van der Waals surface area contributed by atoms with Crippen LogP contribution in [0, 0.1) is 0 Å². The van der Waals surface area contributed by atoms with Crippen LogP contribution in [0.25, 0.3) is 10.9 Å². The first-order valence-corrected chi connectivity index (χ1v) is 7.98. The van der Waals surface area contributed by atoms with E-state index in [-0.39, 0.29) is 5.75 Å². The number of hydrogen-bond donors (Lipinski definition) is 2. The van der Waals surface area contributed by atoms with E-state index in [9.17, 15) is 5.11 Å². The van der Waals surface area contributed by atoms with E-state index in [1.807, 2.05) is 18.2 Å². The Labute approximate surface area is 131 Å². The van der Waals surface area contributed by atoms with Crippen LogP contribution < -0.4 is 5.73 Å². The van der Waals surface area contributed by atoms with E-state index in [1.54, 1.807) is 12.3 Å². The molecule has 2 aromatic rings. The van der Waals surface area contributed by atoms with Gasteiger partial charge in [-0.1, -0.05) is 12.1 Å². The largest absolute Gasteiger partial charge is 0.506 e. The highest BCUT2D eigenvalue weighted by Crippen LogP contribution is 2.25. The van der Waals surface area contributed by atoms with Crippen LogP contribution in [0.3, 0.4) is 0 Å². The average molecular weight is 300 g/mol. The van der Waals surface area contributed by atoms with Crippen LogP contribution in [0.15, 0.2) is 30.5 Å². The van der Waals surface area contributed by atoms with Crippen molar-refractivity contribution in [1.29, 1.82) is 0 Å². The van der Waals surface area contributed by atoms with Crippen molar-refractivity contribution in [3.63, 3.8) is 0 Å². The normalized spacial score (nSPS) is 17.1. The third-order valence-electron chi connectivity index (χ3n) is 4.45. The monoisotopic (exact) mass is 300 g/mol. The lowest BCUT2D eigenvalue weighted by Crippen LogP contribution is -2.48. The molecule has 1 saturated heterocycles. The Morgan fingerprint density at radius 3 is 2.50 bits per heavy atom. The number of rotatable bonds is 5. The SMILES string of the molecule is NCCN1CCN(CCc2ccc(O)c3ncccc23)CC1. The van der Waals surface area contributed by atoms with Crippen molar-refractivity contribution in [2.45, 2.75) is 6.42 Å². The molecule has 0 atom stereocenters. The van der Waals surface area contributed by atoms with E-state index in [0.29, 0.717) is 5.52 Å². The first-order valence-electron chi connectivity index (χ1n) is 7.98. The number of phenolic OH excluding ortho intramolecular Hbond substituents is 1. The summed E-state index contributed by atoms with van der Waals surface area (Å²) < 4.78 is 0. The maximum atomic E-state index is 9.90. The topological polar surface area (TPSA) is 65.6 Å². The number of fused-ring (bicyclic) bond motifs is 1. The van der Waals surface area contributed by atoms with Gasteiger partial charge >= 0.3 is 0 Å². The van der Waals surface area contributed by atoms with Gasteiger partial charge < -0.3 is 15.7 Å². The minimum absolute atomic E-state index is 0.259. The molecule has 1 fully saturated rings. The third-order valence-corrected chi connectivity index (χ3v) is 4.45. The molecule has 118 valence electrons. The van der Waals surface area contributed by atoms with Crippen LogP contribution in [0.4, 0.5) is 0 Å². The predicted molar refractivity (Wildman–Crippen MR) is 89.0 cm³/mol. The fourth-order valence-corrected chi connectivity index (χ4v) is 3.13. The van der Waals surface area contributed by atoms with Gasteiger partial charge in [0.05, 0.1) is 0 Å². The number of nitrogens with two attached hydrogens (primary N) is 1. The second kappa shape index (κ2) is 7.05. The first-order chi connectivity index (χ1) is 10.8. The summed E-state index contributed by atoms with van der Waals surface area (Å²) in [6, 6.07) is 7.74. The molecule has 1 aliphatic rings. The van der Waals surface area contributed by atoms with Crippen molar-refractivity contribution in [1.82, 2.24) is 14.8 Å². The van der Waals surface area contributed by atoms with Gasteiger partial charge in [-0.25, -0.2) is 0 Å². The van der Waals surface area contributed by atoms with Gasteiger partial charge in [0.1, 0.15) is 11.3 Å². The number of aromatic hydroxyl groups is 1. The van der Waals surface area contributed by atoms with Gasteiger partial charge in [0.15, 0.2) is 0 Å². The van der Waals surface area contributed by atoms with E-state index < -0.39 is 0 Å².